The van der Waals surface area contributed by atoms with Crippen LogP contribution in [-0.4, -0.2) is 21.9 Å². The molecule has 0 bridgehead atoms. The smallest absolute Gasteiger partial charge is 0.344 e. The van der Waals surface area contributed by atoms with Crippen LogP contribution in [0.1, 0.15) is 30.8 Å². The van der Waals surface area contributed by atoms with Gasteiger partial charge in [-0.25, -0.2) is 4.68 Å². The van der Waals surface area contributed by atoms with Gasteiger partial charge in [0.2, 0.25) is 0 Å². The normalized spacial score (nSPS) is 11.5. The average molecular weight is 325 g/mol. The number of rotatable bonds is 5. The fourth-order valence-corrected chi connectivity index (χ4v) is 2.25. The summed E-state index contributed by atoms with van der Waals surface area (Å²) >= 11 is 0. The highest BCUT2D eigenvalue weighted by Crippen LogP contribution is 2.19. The van der Waals surface area contributed by atoms with Crippen LogP contribution in [0.3, 0.4) is 0 Å². The first kappa shape index (κ1) is 17.1. The molecule has 23 heavy (non-hydrogen) atoms. The van der Waals surface area contributed by atoms with Gasteiger partial charge in [-0.2, -0.15) is 18.3 Å². The number of carbonyl (C=O) groups excluding carboxylic acids is 1. The van der Waals surface area contributed by atoms with E-state index in [0.717, 1.165) is 24.2 Å². The van der Waals surface area contributed by atoms with E-state index in [0.29, 0.717) is 11.3 Å². The molecule has 0 saturated carbocycles. The van der Waals surface area contributed by atoms with E-state index >= 15 is 0 Å². The molecule has 1 aromatic carbocycles. The fraction of sp³-hybridized carbons (Fsp3) is 0.375. The lowest BCUT2D eigenvalue weighted by Crippen LogP contribution is -2.36. The number of aromatic nitrogens is 2. The standard InChI is InChI=1S/C16H18F3N3O/c1-3-12-9-13(4-2)22(21-12)14-8-6-5-7-11(14)10-20-15(23)16(17,18)19/h5-9H,3-4,10H2,1-2H3,(H,20,23). The summed E-state index contributed by atoms with van der Waals surface area (Å²) in [5.74, 6) is -1.95. The minimum absolute atomic E-state index is 0.209. The largest absolute Gasteiger partial charge is 0.471 e. The Bertz CT molecular complexity index is 692. The molecule has 0 radical (unpaired) electrons. The Morgan fingerprint density at radius 3 is 2.52 bits per heavy atom. The molecule has 0 unspecified atom stereocenters. The molecule has 0 atom stereocenters. The number of alkyl halides is 3. The highest BCUT2D eigenvalue weighted by molar-refractivity contribution is 5.81. The maximum absolute atomic E-state index is 12.3. The van der Waals surface area contributed by atoms with Gasteiger partial charge in [0.1, 0.15) is 0 Å². The molecule has 1 aromatic heterocycles. The van der Waals surface area contributed by atoms with Crippen molar-refractivity contribution >= 4 is 5.91 Å². The molecular formula is C16H18F3N3O. The Kier molecular flexibility index (Phi) is 5.08. The number of aryl methyl sites for hydroxylation is 2. The molecule has 0 aliphatic rings. The van der Waals surface area contributed by atoms with Crippen molar-refractivity contribution in [1.82, 2.24) is 15.1 Å². The van der Waals surface area contributed by atoms with Crippen LogP contribution in [0, 0.1) is 0 Å². The minimum atomic E-state index is -4.88. The summed E-state index contributed by atoms with van der Waals surface area (Å²) < 4.78 is 38.7. The van der Waals surface area contributed by atoms with Gasteiger partial charge < -0.3 is 5.32 Å². The van der Waals surface area contributed by atoms with Crippen molar-refractivity contribution in [2.24, 2.45) is 0 Å². The van der Waals surface area contributed by atoms with E-state index in [4.69, 9.17) is 0 Å². The quantitative estimate of drug-likeness (QED) is 0.918. The number of carbonyl (C=O) groups is 1. The van der Waals surface area contributed by atoms with Gasteiger partial charge in [-0.1, -0.05) is 32.0 Å². The summed E-state index contributed by atoms with van der Waals surface area (Å²) in [5.41, 5.74) is 3.13. The van der Waals surface area contributed by atoms with Crippen molar-refractivity contribution in [3.63, 3.8) is 0 Å². The van der Waals surface area contributed by atoms with E-state index in [9.17, 15) is 18.0 Å². The number of para-hydroxylation sites is 1. The minimum Gasteiger partial charge on any atom is -0.344 e. The molecule has 1 N–H and O–H groups in total. The predicted molar refractivity (Wildman–Crippen MR) is 80.2 cm³/mol. The van der Waals surface area contributed by atoms with Gasteiger partial charge in [0, 0.05) is 12.2 Å². The Hall–Kier alpha value is -2.31. The Balaban J connectivity index is 2.31. The first-order valence-electron chi connectivity index (χ1n) is 7.38. The highest BCUT2D eigenvalue weighted by atomic mass is 19.4. The number of amides is 1. The Labute approximate surface area is 132 Å². The molecule has 0 fully saturated rings. The molecular weight excluding hydrogens is 307 g/mol. The lowest BCUT2D eigenvalue weighted by Gasteiger charge is -2.13. The van der Waals surface area contributed by atoms with Crippen LogP contribution >= 0.6 is 0 Å². The van der Waals surface area contributed by atoms with Crippen LogP contribution in [0.25, 0.3) is 5.69 Å². The number of nitrogens with one attached hydrogen (secondary N) is 1. The summed E-state index contributed by atoms with van der Waals surface area (Å²) in [4.78, 5) is 11.0. The third-order valence-corrected chi connectivity index (χ3v) is 3.47. The van der Waals surface area contributed by atoms with Crippen LogP contribution in [0.15, 0.2) is 30.3 Å². The summed E-state index contributed by atoms with van der Waals surface area (Å²) in [5, 5.41) is 6.39. The SMILES string of the molecule is CCc1cc(CC)n(-c2ccccc2CNC(=O)C(F)(F)F)n1. The molecule has 0 aliphatic carbocycles. The van der Waals surface area contributed by atoms with Crippen LogP contribution in [0.5, 0.6) is 0 Å². The highest BCUT2D eigenvalue weighted by Gasteiger charge is 2.38. The Morgan fingerprint density at radius 2 is 1.91 bits per heavy atom. The van der Waals surface area contributed by atoms with E-state index in [1.807, 2.05) is 25.2 Å². The van der Waals surface area contributed by atoms with E-state index < -0.39 is 12.1 Å². The lowest BCUT2D eigenvalue weighted by molar-refractivity contribution is -0.173. The van der Waals surface area contributed by atoms with Gasteiger partial charge in [0.15, 0.2) is 0 Å². The molecule has 4 nitrogen and oxygen atoms in total. The molecule has 0 spiro atoms. The van der Waals surface area contributed by atoms with Crippen LogP contribution in [-0.2, 0) is 24.2 Å². The second-order valence-corrected chi connectivity index (χ2v) is 5.06. The number of hydrogen-bond donors (Lipinski definition) is 1. The van der Waals surface area contributed by atoms with E-state index in [1.54, 1.807) is 28.9 Å². The van der Waals surface area contributed by atoms with Crippen molar-refractivity contribution in [2.75, 3.05) is 0 Å². The number of hydrogen-bond acceptors (Lipinski definition) is 2. The summed E-state index contributed by atoms with van der Waals surface area (Å²) in [6.45, 7) is 3.77. The third kappa shape index (κ3) is 3.91. The maximum Gasteiger partial charge on any atom is 0.471 e. The second-order valence-electron chi connectivity index (χ2n) is 5.06. The number of benzene rings is 1. The topological polar surface area (TPSA) is 46.9 Å². The maximum atomic E-state index is 12.3. The monoisotopic (exact) mass is 325 g/mol. The average Bonchev–Trinajstić information content (AvgIpc) is 2.95. The van der Waals surface area contributed by atoms with Gasteiger partial charge >= 0.3 is 12.1 Å². The van der Waals surface area contributed by atoms with Gasteiger partial charge in [-0.05, 0) is 30.5 Å². The molecule has 2 aromatic rings. The molecule has 2 rings (SSSR count). The second kappa shape index (κ2) is 6.85. The van der Waals surface area contributed by atoms with E-state index in [-0.39, 0.29) is 6.54 Å². The lowest BCUT2D eigenvalue weighted by atomic mass is 10.1. The van der Waals surface area contributed by atoms with E-state index in [2.05, 4.69) is 5.10 Å². The predicted octanol–water partition coefficient (Wildman–Crippen LogP) is 3.18. The summed E-state index contributed by atoms with van der Waals surface area (Å²) in [6.07, 6.45) is -3.37. The zero-order valence-electron chi connectivity index (χ0n) is 12.9. The van der Waals surface area contributed by atoms with Gasteiger partial charge in [-0.15, -0.1) is 0 Å². The first-order valence-corrected chi connectivity index (χ1v) is 7.38. The molecule has 124 valence electrons. The van der Waals surface area contributed by atoms with Crippen molar-refractivity contribution in [3.8, 4) is 5.69 Å². The molecule has 1 heterocycles. The summed E-state index contributed by atoms with van der Waals surface area (Å²) in [6, 6.07) is 8.94. The van der Waals surface area contributed by atoms with Gasteiger partial charge in [0.25, 0.3) is 0 Å². The van der Waals surface area contributed by atoms with Crippen molar-refractivity contribution in [1.29, 1.82) is 0 Å². The van der Waals surface area contributed by atoms with Crippen molar-refractivity contribution in [3.05, 3.63) is 47.3 Å². The fourth-order valence-electron chi connectivity index (χ4n) is 2.25. The van der Waals surface area contributed by atoms with E-state index in [1.165, 1.54) is 0 Å². The molecule has 7 heteroatoms. The molecule has 0 aliphatic heterocycles. The summed E-state index contributed by atoms with van der Waals surface area (Å²) in [7, 11) is 0. The molecule has 0 saturated heterocycles. The van der Waals surface area contributed by atoms with Crippen LogP contribution < -0.4 is 5.32 Å². The molecule has 1 amide bonds. The van der Waals surface area contributed by atoms with Crippen molar-refractivity contribution in [2.45, 2.75) is 39.4 Å². The first-order chi connectivity index (χ1) is 10.9. The van der Waals surface area contributed by atoms with Crippen molar-refractivity contribution < 1.29 is 18.0 Å². The van der Waals surface area contributed by atoms with Crippen LogP contribution in [0.2, 0.25) is 0 Å². The zero-order valence-corrected chi connectivity index (χ0v) is 12.9. The zero-order chi connectivity index (χ0) is 17.0. The van der Waals surface area contributed by atoms with Gasteiger partial charge in [-0.3, -0.25) is 4.79 Å². The van der Waals surface area contributed by atoms with Gasteiger partial charge in [0.05, 0.1) is 11.4 Å². The third-order valence-electron chi connectivity index (χ3n) is 3.47. The Morgan fingerprint density at radius 1 is 1.22 bits per heavy atom. The van der Waals surface area contributed by atoms with Crippen LogP contribution in [0.4, 0.5) is 13.2 Å². The number of nitrogens with zero attached hydrogens (tertiary/aromatic N) is 2. The number of halogens is 3.